The fourth-order valence-electron chi connectivity index (χ4n) is 2.88. The molecular formula is C17H15N3OS. The van der Waals surface area contributed by atoms with Crippen LogP contribution in [0.2, 0.25) is 0 Å². The van der Waals surface area contributed by atoms with Crippen molar-refractivity contribution in [1.29, 1.82) is 0 Å². The zero-order valence-corrected chi connectivity index (χ0v) is 12.9. The lowest BCUT2D eigenvalue weighted by Gasteiger charge is -2.19. The molecule has 1 spiro atoms. The largest absolute Gasteiger partial charge is 0.314 e. The van der Waals surface area contributed by atoms with Gasteiger partial charge in [-0.2, -0.15) is 0 Å². The van der Waals surface area contributed by atoms with Gasteiger partial charge in [0.25, 0.3) is 5.91 Å². The summed E-state index contributed by atoms with van der Waals surface area (Å²) < 4.78 is 0. The second-order valence-corrected chi connectivity index (χ2v) is 6.59. The lowest BCUT2D eigenvalue weighted by molar-refractivity contribution is -0.120. The Hall–Kier alpha value is -2.24. The molecule has 4 nitrogen and oxygen atoms in total. The Labute approximate surface area is 133 Å². The summed E-state index contributed by atoms with van der Waals surface area (Å²) in [6, 6.07) is 18.0. The van der Waals surface area contributed by atoms with Crippen LogP contribution in [0.25, 0.3) is 6.08 Å². The minimum atomic E-state index is -0.772. The number of amides is 1. The highest BCUT2D eigenvalue weighted by molar-refractivity contribution is 8.05. The van der Waals surface area contributed by atoms with E-state index in [1.54, 1.807) is 4.90 Å². The zero-order valence-electron chi connectivity index (χ0n) is 12.0. The topological polar surface area (TPSA) is 44.4 Å². The number of rotatable bonds is 1. The number of thioether (sulfide) groups is 1. The van der Waals surface area contributed by atoms with E-state index in [4.69, 9.17) is 0 Å². The average Bonchev–Trinajstić information content (AvgIpc) is 3.07. The number of anilines is 1. The predicted molar refractivity (Wildman–Crippen MR) is 89.8 cm³/mol. The first-order valence-electron chi connectivity index (χ1n) is 7.07. The molecule has 0 saturated carbocycles. The molecule has 0 radical (unpaired) electrons. The van der Waals surface area contributed by atoms with Crippen molar-refractivity contribution in [1.82, 2.24) is 10.9 Å². The highest BCUT2D eigenvalue weighted by Gasteiger charge is 2.54. The van der Waals surface area contributed by atoms with Crippen molar-refractivity contribution in [3.8, 4) is 0 Å². The van der Waals surface area contributed by atoms with Crippen LogP contribution in [-0.4, -0.2) is 13.0 Å². The Morgan fingerprint density at radius 2 is 1.82 bits per heavy atom. The van der Waals surface area contributed by atoms with Crippen molar-refractivity contribution >= 4 is 29.4 Å². The lowest BCUT2D eigenvalue weighted by Crippen LogP contribution is -2.47. The van der Waals surface area contributed by atoms with Crippen LogP contribution in [0.1, 0.15) is 11.1 Å². The third-order valence-corrected chi connectivity index (χ3v) is 5.22. The van der Waals surface area contributed by atoms with E-state index in [-0.39, 0.29) is 5.91 Å². The van der Waals surface area contributed by atoms with E-state index in [1.165, 1.54) is 11.8 Å². The minimum Gasteiger partial charge on any atom is -0.314 e. The van der Waals surface area contributed by atoms with Crippen LogP contribution in [0.15, 0.2) is 59.6 Å². The van der Waals surface area contributed by atoms with Crippen molar-refractivity contribution in [2.75, 3.05) is 11.9 Å². The van der Waals surface area contributed by atoms with E-state index in [1.807, 2.05) is 67.7 Å². The smallest absolute Gasteiger partial charge is 0.264 e. The maximum atomic E-state index is 12.8. The molecule has 5 heteroatoms. The van der Waals surface area contributed by atoms with Gasteiger partial charge in [0.1, 0.15) is 0 Å². The van der Waals surface area contributed by atoms with E-state index in [0.29, 0.717) is 0 Å². The van der Waals surface area contributed by atoms with Crippen molar-refractivity contribution in [2.45, 2.75) is 4.87 Å². The highest BCUT2D eigenvalue weighted by Crippen LogP contribution is 2.50. The van der Waals surface area contributed by atoms with Crippen LogP contribution in [0.4, 0.5) is 5.69 Å². The summed E-state index contributed by atoms with van der Waals surface area (Å²) >= 11 is 1.52. The second-order valence-electron chi connectivity index (χ2n) is 5.33. The highest BCUT2D eigenvalue weighted by atomic mass is 32.2. The maximum Gasteiger partial charge on any atom is 0.264 e. The number of nitrogens with one attached hydrogen (secondary N) is 2. The summed E-state index contributed by atoms with van der Waals surface area (Å²) in [5.41, 5.74) is 9.40. The molecule has 2 aliphatic heterocycles. The fourth-order valence-corrected chi connectivity index (χ4v) is 4.11. The molecular weight excluding hydrogens is 294 g/mol. The van der Waals surface area contributed by atoms with Crippen LogP contribution in [-0.2, 0) is 9.67 Å². The Morgan fingerprint density at radius 3 is 2.64 bits per heavy atom. The first kappa shape index (κ1) is 13.4. The molecule has 2 heterocycles. The van der Waals surface area contributed by atoms with Gasteiger partial charge in [-0.25, -0.2) is 5.43 Å². The number of benzene rings is 2. The van der Waals surface area contributed by atoms with Crippen LogP contribution >= 0.6 is 11.8 Å². The van der Waals surface area contributed by atoms with Gasteiger partial charge in [-0.1, -0.05) is 60.3 Å². The summed E-state index contributed by atoms with van der Waals surface area (Å²) in [7, 11) is 1.82. The summed E-state index contributed by atoms with van der Waals surface area (Å²) in [6.45, 7) is 0. The van der Waals surface area contributed by atoms with Gasteiger partial charge in [-0.15, -0.1) is 0 Å². The van der Waals surface area contributed by atoms with Gasteiger partial charge in [0.05, 0.1) is 5.03 Å². The van der Waals surface area contributed by atoms with E-state index in [0.717, 1.165) is 21.8 Å². The molecule has 1 amide bonds. The van der Waals surface area contributed by atoms with E-state index in [9.17, 15) is 4.79 Å². The monoisotopic (exact) mass is 309 g/mol. The molecule has 2 aromatic rings. The number of hydrazine groups is 1. The Balaban J connectivity index is 1.73. The molecule has 1 atom stereocenters. The van der Waals surface area contributed by atoms with Crippen molar-refractivity contribution in [3.63, 3.8) is 0 Å². The molecule has 2 N–H and O–H groups in total. The number of carbonyl (C=O) groups is 1. The van der Waals surface area contributed by atoms with Gasteiger partial charge in [0.2, 0.25) is 0 Å². The standard InChI is InChI=1S/C17H15N3OS/c1-20-14-10-6-5-9-13(14)17(16(20)21)19-18-15(22-17)11-12-7-3-2-4-8-12/h2-11,18-19H,1H3. The molecule has 4 rings (SSSR count). The first-order valence-corrected chi connectivity index (χ1v) is 7.89. The molecule has 1 saturated heterocycles. The molecule has 0 bridgehead atoms. The minimum absolute atomic E-state index is 0.0441. The van der Waals surface area contributed by atoms with E-state index >= 15 is 0 Å². The van der Waals surface area contributed by atoms with Crippen LogP contribution in [0.3, 0.4) is 0 Å². The van der Waals surface area contributed by atoms with Crippen LogP contribution in [0, 0.1) is 0 Å². The molecule has 2 aromatic carbocycles. The average molecular weight is 309 g/mol. The second kappa shape index (κ2) is 4.90. The van der Waals surface area contributed by atoms with Gasteiger partial charge >= 0.3 is 0 Å². The van der Waals surface area contributed by atoms with Crippen molar-refractivity contribution in [3.05, 3.63) is 70.8 Å². The molecule has 1 unspecified atom stereocenters. The van der Waals surface area contributed by atoms with E-state index < -0.39 is 4.87 Å². The fraction of sp³-hybridized carbons (Fsp3) is 0.118. The molecule has 2 aliphatic rings. The van der Waals surface area contributed by atoms with Crippen molar-refractivity contribution in [2.24, 2.45) is 0 Å². The molecule has 1 fully saturated rings. The van der Waals surface area contributed by atoms with E-state index in [2.05, 4.69) is 10.9 Å². The lowest BCUT2D eigenvalue weighted by atomic mass is 10.1. The predicted octanol–water partition coefficient (Wildman–Crippen LogP) is 2.66. The van der Waals surface area contributed by atoms with Gasteiger partial charge in [0, 0.05) is 18.3 Å². The van der Waals surface area contributed by atoms with Gasteiger partial charge in [0.15, 0.2) is 4.87 Å². The van der Waals surface area contributed by atoms with Gasteiger partial charge < -0.3 is 10.3 Å². The maximum absolute atomic E-state index is 12.8. The van der Waals surface area contributed by atoms with Crippen LogP contribution in [0.5, 0.6) is 0 Å². The number of hydrogen-bond donors (Lipinski definition) is 2. The normalized spacial score (nSPS) is 24.9. The summed E-state index contributed by atoms with van der Waals surface area (Å²) in [5.74, 6) is 0.0441. The summed E-state index contributed by atoms with van der Waals surface area (Å²) in [5, 5.41) is 0.935. The SMILES string of the molecule is CN1C(=O)C2(NNC(=Cc3ccccc3)S2)c2ccccc21. The third kappa shape index (κ3) is 1.86. The number of para-hydroxylation sites is 1. The Morgan fingerprint density at radius 1 is 1.09 bits per heavy atom. The first-order chi connectivity index (χ1) is 10.7. The third-order valence-electron chi connectivity index (χ3n) is 3.97. The summed E-state index contributed by atoms with van der Waals surface area (Å²) in [6.07, 6.45) is 2.04. The quantitative estimate of drug-likeness (QED) is 0.850. The Kier molecular flexibility index (Phi) is 2.99. The van der Waals surface area contributed by atoms with Crippen molar-refractivity contribution < 1.29 is 4.79 Å². The summed E-state index contributed by atoms with van der Waals surface area (Å²) in [4.78, 5) is 13.7. The molecule has 0 aromatic heterocycles. The number of carbonyl (C=O) groups excluding carboxylic acids is 1. The van der Waals surface area contributed by atoms with Gasteiger partial charge in [-0.3, -0.25) is 4.79 Å². The number of nitrogens with zero attached hydrogens (tertiary/aromatic N) is 1. The molecule has 0 aliphatic carbocycles. The van der Waals surface area contributed by atoms with Gasteiger partial charge in [-0.05, 0) is 17.7 Å². The number of fused-ring (bicyclic) bond motifs is 2. The molecule has 22 heavy (non-hydrogen) atoms. The molecule has 110 valence electrons. The zero-order chi connectivity index (χ0) is 15.2. The number of likely N-dealkylation sites (N-methyl/N-ethyl adjacent to an activating group) is 1. The number of hydrogen-bond acceptors (Lipinski definition) is 4. The van der Waals surface area contributed by atoms with Crippen LogP contribution < -0.4 is 15.8 Å². The Bertz CT molecular complexity index is 774.